The highest BCUT2D eigenvalue weighted by molar-refractivity contribution is 9.10. The third-order valence-electron chi connectivity index (χ3n) is 2.15. The summed E-state index contributed by atoms with van der Waals surface area (Å²) in [5.74, 6) is 0.539. The summed E-state index contributed by atoms with van der Waals surface area (Å²) in [6.45, 7) is 0.491. The molecule has 1 fully saturated rings. The number of rotatable bonds is 1. The predicted molar refractivity (Wildman–Crippen MR) is 63.6 cm³/mol. The molecule has 0 N–H and O–H groups in total. The molecule has 1 saturated heterocycles. The number of amides is 1. The van der Waals surface area contributed by atoms with Gasteiger partial charge in [0.15, 0.2) is 0 Å². The molecule has 6 heteroatoms. The molecule has 80 valence electrons. The number of anilines is 1. The van der Waals surface area contributed by atoms with Crippen LogP contribution in [0, 0.1) is 0 Å². The second-order valence-electron chi connectivity index (χ2n) is 3.26. The highest BCUT2D eigenvalue weighted by Gasteiger charge is 2.30. The SMILES string of the molecule is O=C1CC(Cl)CN1c1cc(Cl)c(Br)cn1. The second-order valence-corrected chi connectivity index (χ2v) is 5.14. The van der Waals surface area contributed by atoms with E-state index in [1.165, 1.54) is 0 Å². The third-order valence-corrected chi connectivity index (χ3v) is 3.61. The Balaban J connectivity index is 2.30. The van der Waals surface area contributed by atoms with Crippen LogP contribution in [0.5, 0.6) is 0 Å². The van der Waals surface area contributed by atoms with E-state index in [-0.39, 0.29) is 11.3 Å². The lowest BCUT2D eigenvalue weighted by Crippen LogP contribution is -2.25. The van der Waals surface area contributed by atoms with Gasteiger partial charge in [0.25, 0.3) is 0 Å². The smallest absolute Gasteiger partial charge is 0.229 e. The zero-order chi connectivity index (χ0) is 11.0. The Morgan fingerprint density at radius 1 is 1.60 bits per heavy atom. The largest absolute Gasteiger partial charge is 0.295 e. The van der Waals surface area contributed by atoms with Crippen LogP contribution >= 0.6 is 39.1 Å². The first-order valence-corrected chi connectivity index (χ1v) is 5.94. The van der Waals surface area contributed by atoms with Gasteiger partial charge in [-0.05, 0) is 15.9 Å². The first kappa shape index (κ1) is 11.2. The lowest BCUT2D eigenvalue weighted by Gasteiger charge is -2.14. The van der Waals surface area contributed by atoms with Crippen LogP contribution in [0.3, 0.4) is 0 Å². The molecule has 3 nitrogen and oxygen atoms in total. The summed E-state index contributed by atoms with van der Waals surface area (Å²) in [7, 11) is 0. The van der Waals surface area contributed by atoms with Gasteiger partial charge in [-0.15, -0.1) is 11.6 Å². The van der Waals surface area contributed by atoms with Crippen LogP contribution in [0.2, 0.25) is 5.02 Å². The fourth-order valence-corrected chi connectivity index (χ4v) is 2.07. The Hall–Kier alpha value is -0.320. The maximum atomic E-state index is 11.5. The van der Waals surface area contributed by atoms with Crippen molar-refractivity contribution in [2.45, 2.75) is 11.8 Å². The number of carbonyl (C=O) groups excluding carboxylic acids is 1. The maximum Gasteiger partial charge on any atom is 0.229 e. The van der Waals surface area contributed by atoms with Crippen LogP contribution in [-0.4, -0.2) is 22.8 Å². The number of pyridine rings is 1. The number of aromatic nitrogens is 1. The first-order chi connectivity index (χ1) is 7.08. The van der Waals surface area contributed by atoms with Gasteiger partial charge in [0.2, 0.25) is 5.91 Å². The van der Waals surface area contributed by atoms with Gasteiger partial charge in [-0.3, -0.25) is 9.69 Å². The fourth-order valence-electron chi connectivity index (χ4n) is 1.44. The molecular weight excluding hydrogens is 303 g/mol. The minimum atomic E-state index is -0.137. The highest BCUT2D eigenvalue weighted by atomic mass is 79.9. The average Bonchev–Trinajstić information content (AvgIpc) is 2.50. The number of carbonyl (C=O) groups is 1. The van der Waals surface area contributed by atoms with Crippen LogP contribution in [0.4, 0.5) is 5.82 Å². The summed E-state index contributed by atoms with van der Waals surface area (Å²) >= 11 is 15.0. The van der Waals surface area contributed by atoms with Crippen LogP contribution in [0.15, 0.2) is 16.7 Å². The van der Waals surface area contributed by atoms with Crippen molar-refractivity contribution < 1.29 is 4.79 Å². The summed E-state index contributed by atoms with van der Waals surface area (Å²) in [4.78, 5) is 17.2. The Morgan fingerprint density at radius 2 is 2.33 bits per heavy atom. The normalized spacial score (nSPS) is 21.1. The molecule has 0 aliphatic carbocycles. The van der Waals surface area contributed by atoms with Crippen molar-refractivity contribution in [1.82, 2.24) is 4.98 Å². The molecular formula is C9H7BrCl2N2O. The van der Waals surface area contributed by atoms with Gasteiger partial charge in [-0.25, -0.2) is 4.98 Å². The van der Waals surface area contributed by atoms with Crippen molar-refractivity contribution in [3.05, 3.63) is 21.8 Å². The lowest BCUT2D eigenvalue weighted by molar-refractivity contribution is -0.117. The van der Waals surface area contributed by atoms with Crippen LogP contribution in [-0.2, 0) is 4.79 Å². The van der Waals surface area contributed by atoms with E-state index in [4.69, 9.17) is 23.2 Å². The first-order valence-electron chi connectivity index (χ1n) is 4.33. The molecule has 0 aromatic carbocycles. The molecule has 2 heterocycles. The summed E-state index contributed by atoms with van der Waals surface area (Å²) in [6, 6.07) is 1.65. The zero-order valence-electron chi connectivity index (χ0n) is 7.58. The van der Waals surface area contributed by atoms with Crippen LogP contribution < -0.4 is 4.90 Å². The summed E-state index contributed by atoms with van der Waals surface area (Å²) in [6.07, 6.45) is 1.93. The molecule has 0 bridgehead atoms. The Bertz CT molecular complexity index is 413. The van der Waals surface area contributed by atoms with Gasteiger partial charge in [0.05, 0.1) is 14.9 Å². The fraction of sp³-hybridized carbons (Fsp3) is 0.333. The molecule has 2 rings (SSSR count). The van der Waals surface area contributed by atoms with Gasteiger partial charge < -0.3 is 0 Å². The molecule has 1 aromatic rings. The standard InChI is InChI=1S/C9H7BrCl2N2O/c10-6-3-13-8(2-7(6)12)14-4-5(11)1-9(14)15/h2-3,5H,1,4H2. The van der Waals surface area contributed by atoms with E-state index in [1.54, 1.807) is 17.2 Å². The van der Waals surface area contributed by atoms with Crippen molar-refractivity contribution in [3.8, 4) is 0 Å². The Labute approximate surface area is 106 Å². The van der Waals surface area contributed by atoms with E-state index in [0.717, 1.165) is 0 Å². The average molecular weight is 310 g/mol. The topological polar surface area (TPSA) is 33.2 Å². The van der Waals surface area contributed by atoms with E-state index in [0.29, 0.717) is 28.3 Å². The van der Waals surface area contributed by atoms with Crippen molar-refractivity contribution in [3.63, 3.8) is 0 Å². The minimum absolute atomic E-state index is 0.0131. The van der Waals surface area contributed by atoms with E-state index in [2.05, 4.69) is 20.9 Å². The molecule has 1 amide bonds. The predicted octanol–water partition coefficient (Wildman–Crippen LogP) is 2.84. The number of hydrogen-bond donors (Lipinski definition) is 0. The van der Waals surface area contributed by atoms with Crippen molar-refractivity contribution in [2.75, 3.05) is 11.4 Å². The molecule has 0 saturated carbocycles. The number of alkyl halides is 1. The quantitative estimate of drug-likeness (QED) is 0.747. The van der Waals surface area contributed by atoms with Gasteiger partial charge in [0, 0.05) is 25.2 Å². The van der Waals surface area contributed by atoms with Crippen molar-refractivity contribution in [1.29, 1.82) is 0 Å². The van der Waals surface area contributed by atoms with E-state index >= 15 is 0 Å². The van der Waals surface area contributed by atoms with Gasteiger partial charge in [0.1, 0.15) is 5.82 Å². The molecule has 0 radical (unpaired) electrons. The highest BCUT2D eigenvalue weighted by Crippen LogP contribution is 2.28. The molecule has 1 aliphatic rings. The van der Waals surface area contributed by atoms with Crippen molar-refractivity contribution >= 4 is 50.9 Å². The third kappa shape index (κ3) is 2.27. The minimum Gasteiger partial charge on any atom is -0.295 e. The summed E-state index contributed by atoms with van der Waals surface area (Å²) < 4.78 is 0.710. The monoisotopic (exact) mass is 308 g/mol. The van der Waals surface area contributed by atoms with Gasteiger partial charge in [-0.2, -0.15) is 0 Å². The van der Waals surface area contributed by atoms with E-state index < -0.39 is 0 Å². The Kier molecular flexibility index (Phi) is 3.19. The Morgan fingerprint density at radius 3 is 2.87 bits per heavy atom. The molecule has 1 aromatic heterocycles. The number of nitrogens with zero attached hydrogens (tertiary/aromatic N) is 2. The van der Waals surface area contributed by atoms with Crippen molar-refractivity contribution in [2.24, 2.45) is 0 Å². The van der Waals surface area contributed by atoms with Gasteiger partial charge >= 0.3 is 0 Å². The second kappa shape index (κ2) is 4.28. The van der Waals surface area contributed by atoms with Gasteiger partial charge in [-0.1, -0.05) is 11.6 Å². The molecule has 1 unspecified atom stereocenters. The van der Waals surface area contributed by atoms with E-state index in [1.807, 2.05) is 0 Å². The number of hydrogen-bond acceptors (Lipinski definition) is 2. The summed E-state index contributed by atoms with van der Waals surface area (Å²) in [5, 5.41) is 0.396. The zero-order valence-corrected chi connectivity index (χ0v) is 10.7. The molecule has 0 spiro atoms. The van der Waals surface area contributed by atoms with Crippen LogP contribution in [0.1, 0.15) is 6.42 Å². The lowest BCUT2D eigenvalue weighted by atomic mass is 10.4. The van der Waals surface area contributed by atoms with Crippen LogP contribution in [0.25, 0.3) is 0 Å². The summed E-state index contributed by atoms with van der Waals surface area (Å²) in [5.41, 5.74) is 0. The maximum absolute atomic E-state index is 11.5. The molecule has 1 atom stereocenters. The van der Waals surface area contributed by atoms with E-state index in [9.17, 15) is 4.79 Å². The molecule has 15 heavy (non-hydrogen) atoms. The molecule has 1 aliphatic heterocycles. The number of halogens is 3.